The van der Waals surface area contributed by atoms with Crippen molar-refractivity contribution in [1.29, 1.82) is 0 Å². The molecule has 4 rings (SSSR count). The Balaban J connectivity index is 1.39. The van der Waals surface area contributed by atoms with Crippen molar-refractivity contribution in [3.63, 3.8) is 0 Å². The van der Waals surface area contributed by atoms with Gasteiger partial charge < -0.3 is 19.5 Å². The maximum absolute atomic E-state index is 12.4. The van der Waals surface area contributed by atoms with E-state index in [1.54, 1.807) is 6.07 Å². The molecule has 1 amide bonds. The maximum atomic E-state index is 12.4. The van der Waals surface area contributed by atoms with E-state index in [0.29, 0.717) is 24.7 Å². The second-order valence-electron chi connectivity index (χ2n) is 7.46. The fourth-order valence-corrected chi connectivity index (χ4v) is 3.92. The summed E-state index contributed by atoms with van der Waals surface area (Å²) in [5.41, 5.74) is 1.58. The van der Waals surface area contributed by atoms with Gasteiger partial charge in [-0.25, -0.2) is 4.98 Å². The van der Waals surface area contributed by atoms with Crippen LogP contribution in [0.2, 0.25) is 0 Å². The monoisotopic (exact) mass is 369 g/mol. The molecule has 1 aliphatic heterocycles. The van der Waals surface area contributed by atoms with Crippen LogP contribution in [0, 0.1) is 6.92 Å². The van der Waals surface area contributed by atoms with Crippen molar-refractivity contribution in [3.05, 3.63) is 35.9 Å². The Labute approximate surface area is 159 Å². The third kappa shape index (κ3) is 4.23. The van der Waals surface area contributed by atoms with Crippen LogP contribution in [0.25, 0.3) is 0 Å². The predicted molar refractivity (Wildman–Crippen MR) is 104 cm³/mol. The van der Waals surface area contributed by atoms with Gasteiger partial charge in [0.2, 0.25) is 5.95 Å². The Bertz CT molecular complexity index is 763. The molecule has 1 saturated heterocycles. The smallest absolute Gasteiger partial charge is 0.257 e. The van der Waals surface area contributed by atoms with Gasteiger partial charge in [0.1, 0.15) is 12.1 Å². The number of anilines is 2. The summed E-state index contributed by atoms with van der Waals surface area (Å²) >= 11 is 0. The SMILES string of the molecule is Cc1cc(N2CCN(C(=O)c3ccoc3)CC2)nc(NC2CCCCC2)n1. The molecular weight excluding hydrogens is 342 g/mol. The normalized spacial score (nSPS) is 18.6. The fraction of sp³-hybridized carbons (Fsp3) is 0.550. The van der Waals surface area contributed by atoms with Crippen molar-refractivity contribution < 1.29 is 9.21 Å². The number of piperazine rings is 1. The second kappa shape index (κ2) is 7.98. The first kappa shape index (κ1) is 17.8. The highest BCUT2D eigenvalue weighted by Gasteiger charge is 2.24. The highest BCUT2D eigenvalue weighted by atomic mass is 16.3. The summed E-state index contributed by atoms with van der Waals surface area (Å²) in [7, 11) is 0. The van der Waals surface area contributed by atoms with Gasteiger partial charge in [0, 0.05) is 44.0 Å². The highest BCUT2D eigenvalue weighted by molar-refractivity contribution is 5.94. The van der Waals surface area contributed by atoms with Crippen molar-refractivity contribution in [2.45, 2.75) is 45.1 Å². The van der Waals surface area contributed by atoms with Crippen LogP contribution >= 0.6 is 0 Å². The maximum Gasteiger partial charge on any atom is 0.257 e. The van der Waals surface area contributed by atoms with Crippen LogP contribution in [-0.2, 0) is 0 Å². The van der Waals surface area contributed by atoms with Gasteiger partial charge in [0.25, 0.3) is 5.91 Å². The standard InChI is InChI=1S/C20H27N5O2/c1-15-13-18(23-20(21-15)22-17-5-3-2-4-6-17)24-8-10-25(11-9-24)19(26)16-7-12-27-14-16/h7,12-14,17H,2-6,8-11H2,1H3,(H,21,22,23). The average molecular weight is 369 g/mol. The molecule has 2 aromatic rings. The van der Waals surface area contributed by atoms with Crippen LogP contribution in [0.15, 0.2) is 29.1 Å². The third-order valence-corrected chi connectivity index (χ3v) is 5.44. The molecule has 1 aliphatic carbocycles. The van der Waals surface area contributed by atoms with Gasteiger partial charge in [0.05, 0.1) is 11.8 Å². The number of aryl methyl sites for hydroxylation is 1. The summed E-state index contributed by atoms with van der Waals surface area (Å²) in [6.45, 7) is 4.90. The van der Waals surface area contributed by atoms with Gasteiger partial charge in [-0.1, -0.05) is 19.3 Å². The molecule has 144 valence electrons. The molecular formula is C20H27N5O2. The third-order valence-electron chi connectivity index (χ3n) is 5.44. The van der Waals surface area contributed by atoms with E-state index in [2.05, 4.69) is 15.2 Å². The molecule has 7 nitrogen and oxygen atoms in total. The van der Waals surface area contributed by atoms with Crippen LogP contribution in [0.5, 0.6) is 0 Å². The number of amides is 1. The number of hydrogen-bond donors (Lipinski definition) is 1. The highest BCUT2D eigenvalue weighted by Crippen LogP contribution is 2.22. The zero-order valence-electron chi connectivity index (χ0n) is 15.9. The molecule has 1 N–H and O–H groups in total. The Morgan fingerprint density at radius 1 is 1.15 bits per heavy atom. The molecule has 2 fully saturated rings. The Hall–Kier alpha value is -2.57. The van der Waals surface area contributed by atoms with E-state index in [1.165, 1.54) is 44.6 Å². The van der Waals surface area contributed by atoms with Crippen molar-refractivity contribution in [2.75, 3.05) is 36.4 Å². The lowest BCUT2D eigenvalue weighted by molar-refractivity contribution is 0.0746. The number of furan rings is 1. The lowest BCUT2D eigenvalue weighted by Gasteiger charge is -2.35. The van der Waals surface area contributed by atoms with Crippen molar-refractivity contribution >= 4 is 17.7 Å². The van der Waals surface area contributed by atoms with E-state index >= 15 is 0 Å². The second-order valence-corrected chi connectivity index (χ2v) is 7.46. The van der Waals surface area contributed by atoms with E-state index in [-0.39, 0.29) is 5.91 Å². The predicted octanol–water partition coefficient (Wildman–Crippen LogP) is 3.09. The first-order valence-electron chi connectivity index (χ1n) is 9.88. The van der Waals surface area contributed by atoms with Crippen molar-refractivity contribution in [1.82, 2.24) is 14.9 Å². The molecule has 3 heterocycles. The summed E-state index contributed by atoms with van der Waals surface area (Å²) in [4.78, 5) is 25.9. The lowest BCUT2D eigenvalue weighted by Crippen LogP contribution is -2.49. The number of nitrogens with zero attached hydrogens (tertiary/aromatic N) is 4. The first-order valence-corrected chi connectivity index (χ1v) is 9.88. The van der Waals surface area contributed by atoms with Gasteiger partial charge in [-0.2, -0.15) is 4.98 Å². The summed E-state index contributed by atoms with van der Waals surface area (Å²) in [5, 5.41) is 3.52. The van der Waals surface area contributed by atoms with Crippen LogP contribution in [0.1, 0.15) is 48.2 Å². The molecule has 0 aromatic carbocycles. The fourth-order valence-electron chi connectivity index (χ4n) is 3.92. The molecule has 0 unspecified atom stereocenters. The number of rotatable bonds is 4. The minimum atomic E-state index is 0.0296. The van der Waals surface area contributed by atoms with Gasteiger partial charge in [-0.05, 0) is 25.8 Å². The Morgan fingerprint density at radius 2 is 1.93 bits per heavy atom. The van der Waals surface area contributed by atoms with E-state index in [0.717, 1.165) is 30.5 Å². The van der Waals surface area contributed by atoms with Crippen molar-refractivity contribution in [2.24, 2.45) is 0 Å². The topological polar surface area (TPSA) is 74.5 Å². The molecule has 27 heavy (non-hydrogen) atoms. The molecule has 0 bridgehead atoms. The van der Waals surface area contributed by atoms with Gasteiger partial charge in [0.15, 0.2) is 0 Å². The molecule has 2 aliphatic rings. The quantitative estimate of drug-likeness (QED) is 0.893. The number of nitrogens with one attached hydrogen (secondary N) is 1. The number of hydrogen-bond acceptors (Lipinski definition) is 6. The van der Waals surface area contributed by atoms with Gasteiger partial charge in [-0.3, -0.25) is 4.79 Å². The van der Waals surface area contributed by atoms with E-state index in [4.69, 9.17) is 9.40 Å². The Kier molecular flexibility index (Phi) is 5.27. The summed E-state index contributed by atoms with van der Waals surface area (Å²) in [6, 6.07) is 4.23. The van der Waals surface area contributed by atoms with Gasteiger partial charge >= 0.3 is 0 Å². The largest absolute Gasteiger partial charge is 0.472 e. The van der Waals surface area contributed by atoms with E-state index < -0.39 is 0 Å². The van der Waals surface area contributed by atoms with E-state index in [9.17, 15) is 4.79 Å². The van der Waals surface area contributed by atoms with E-state index in [1.807, 2.05) is 17.9 Å². The van der Waals surface area contributed by atoms with Crippen LogP contribution in [0.4, 0.5) is 11.8 Å². The first-order chi connectivity index (χ1) is 13.2. The molecule has 7 heteroatoms. The molecule has 0 spiro atoms. The van der Waals surface area contributed by atoms with Crippen LogP contribution in [-0.4, -0.2) is 53.0 Å². The van der Waals surface area contributed by atoms with Crippen LogP contribution < -0.4 is 10.2 Å². The number of carbonyl (C=O) groups is 1. The lowest BCUT2D eigenvalue weighted by atomic mass is 9.96. The van der Waals surface area contributed by atoms with Crippen molar-refractivity contribution in [3.8, 4) is 0 Å². The summed E-state index contributed by atoms with van der Waals surface area (Å²) in [6.07, 6.45) is 9.33. The molecule has 0 atom stereocenters. The number of carbonyl (C=O) groups excluding carboxylic acids is 1. The zero-order chi connectivity index (χ0) is 18.6. The molecule has 2 aromatic heterocycles. The minimum Gasteiger partial charge on any atom is -0.472 e. The summed E-state index contributed by atoms with van der Waals surface area (Å²) < 4.78 is 5.02. The Morgan fingerprint density at radius 3 is 2.63 bits per heavy atom. The van der Waals surface area contributed by atoms with Gasteiger partial charge in [-0.15, -0.1) is 0 Å². The number of aromatic nitrogens is 2. The zero-order valence-corrected chi connectivity index (χ0v) is 15.9. The minimum absolute atomic E-state index is 0.0296. The summed E-state index contributed by atoms with van der Waals surface area (Å²) in [5.74, 6) is 1.70. The average Bonchev–Trinajstić information content (AvgIpc) is 3.23. The van der Waals surface area contributed by atoms with Crippen LogP contribution in [0.3, 0.4) is 0 Å². The molecule has 1 saturated carbocycles. The molecule has 0 radical (unpaired) electrons.